The number of rotatable bonds is 8. The van der Waals surface area contributed by atoms with Crippen LogP contribution in [0.4, 0.5) is 0 Å². The van der Waals surface area contributed by atoms with E-state index in [4.69, 9.17) is 26.3 Å². The molecule has 1 fully saturated rings. The summed E-state index contributed by atoms with van der Waals surface area (Å²) in [5, 5.41) is 12.8. The van der Waals surface area contributed by atoms with Crippen LogP contribution >= 0.6 is 11.6 Å². The number of nitrogens with zero attached hydrogens (tertiary/aromatic N) is 5. The van der Waals surface area contributed by atoms with Crippen molar-refractivity contribution >= 4 is 47.6 Å². The highest BCUT2D eigenvalue weighted by Gasteiger charge is 2.23. The highest BCUT2D eigenvalue weighted by Crippen LogP contribution is 2.30. The fraction of sp³-hybridized carbons (Fsp3) is 0.462. The van der Waals surface area contributed by atoms with E-state index in [2.05, 4.69) is 35.4 Å². The molecule has 4 aromatic rings. The van der Waals surface area contributed by atoms with Crippen LogP contribution < -0.4 is 10.6 Å². The molecular weight excluding hydrogens is 506 g/mol. The molecule has 2 N–H and O–H groups in total. The van der Waals surface area contributed by atoms with E-state index < -0.39 is 8.07 Å². The molecule has 1 aromatic carbocycles. The minimum absolute atomic E-state index is 0.0910. The molecule has 11 heteroatoms. The first-order chi connectivity index (χ1) is 17.7. The van der Waals surface area contributed by atoms with Crippen molar-refractivity contribution in [2.45, 2.75) is 51.3 Å². The molecule has 196 valence electrons. The predicted octanol–water partition coefficient (Wildman–Crippen LogP) is 4.43. The van der Waals surface area contributed by atoms with Crippen LogP contribution in [0.1, 0.15) is 23.2 Å². The molecule has 3 aromatic heterocycles. The first-order valence-corrected chi connectivity index (χ1v) is 16.9. The smallest absolute Gasteiger partial charge is 0.255 e. The zero-order valence-corrected chi connectivity index (χ0v) is 23.6. The lowest BCUT2D eigenvalue weighted by Crippen LogP contribution is -2.45. The maximum atomic E-state index is 13.4. The van der Waals surface area contributed by atoms with Crippen molar-refractivity contribution in [3.05, 3.63) is 41.2 Å². The largest absolute Gasteiger partial charge is 0.361 e. The Bertz CT molecular complexity index is 1440. The van der Waals surface area contributed by atoms with E-state index in [1.165, 1.54) is 0 Å². The van der Waals surface area contributed by atoms with Gasteiger partial charge in [0.2, 0.25) is 0 Å². The van der Waals surface area contributed by atoms with Gasteiger partial charge in [0.25, 0.3) is 5.91 Å². The number of amides is 1. The van der Waals surface area contributed by atoms with E-state index in [9.17, 15) is 4.79 Å². The van der Waals surface area contributed by atoms with E-state index in [0.29, 0.717) is 46.5 Å². The highest BCUT2D eigenvalue weighted by atomic mass is 35.5. The fourth-order valence-electron chi connectivity index (χ4n) is 4.63. The van der Waals surface area contributed by atoms with Gasteiger partial charge in [-0.05, 0) is 43.6 Å². The number of hydrogen-bond acceptors (Lipinski definition) is 6. The van der Waals surface area contributed by atoms with Crippen molar-refractivity contribution in [1.29, 1.82) is 0 Å². The first-order valence-electron chi connectivity index (χ1n) is 12.8. The minimum atomic E-state index is -1.21. The summed E-state index contributed by atoms with van der Waals surface area (Å²) in [5.74, 6) is -0.149. The molecule has 1 amide bonds. The van der Waals surface area contributed by atoms with E-state index in [0.717, 1.165) is 42.9 Å². The molecule has 0 spiro atoms. The van der Waals surface area contributed by atoms with Gasteiger partial charge in [0.05, 0.1) is 17.3 Å². The molecular formula is C26H34ClN7O2Si. The zero-order chi connectivity index (χ0) is 26.2. The lowest BCUT2D eigenvalue weighted by atomic mass is 10.1. The summed E-state index contributed by atoms with van der Waals surface area (Å²) in [7, 11) is 0.669. The maximum Gasteiger partial charge on any atom is 0.255 e. The molecule has 0 radical (unpaired) electrons. The second-order valence-electron chi connectivity index (χ2n) is 10.9. The Balaban J connectivity index is 1.51. The molecule has 0 unspecified atom stereocenters. The van der Waals surface area contributed by atoms with Gasteiger partial charge >= 0.3 is 0 Å². The number of nitrogens with one attached hydrogen (secondary N) is 2. The monoisotopic (exact) mass is 539 g/mol. The van der Waals surface area contributed by atoms with Gasteiger partial charge in [0, 0.05) is 50.9 Å². The summed E-state index contributed by atoms with van der Waals surface area (Å²) in [6, 6.07) is 6.82. The summed E-state index contributed by atoms with van der Waals surface area (Å²) in [5.41, 5.74) is 3.86. The van der Waals surface area contributed by atoms with Crippen LogP contribution in [-0.2, 0) is 18.5 Å². The number of ether oxygens (including phenoxy) is 1. The summed E-state index contributed by atoms with van der Waals surface area (Å²) in [6.45, 7) is 9.73. The van der Waals surface area contributed by atoms with Crippen LogP contribution in [0.2, 0.25) is 30.7 Å². The average molecular weight is 540 g/mol. The number of hydrogen-bond donors (Lipinski definition) is 2. The van der Waals surface area contributed by atoms with Crippen molar-refractivity contribution in [2.75, 3.05) is 19.7 Å². The molecule has 1 saturated heterocycles. The number of aryl methyl sites for hydroxylation is 1. The Labute approximate surface area is 222 Å². The van der Waals surface area contributed by atoms with Crippen molar-refractivity contribution in [3.8, 4) is 11.4 Å². The molecule has 9 nitrogen and oxygen atoms in total. The van der Waals surface area contributed by atoms with Gasteiger partial charge in [-0.25, -0.2) is 9.97 Å². The second-order valence-corrected chi connectivity index (χ2v) is 17.0. The Hall–Kier alpha value is -2.79. The van der Waals surface area contributed by atoms with E-state index in [-0.39, 0.29) is 11.9 Å². The molecule has 0 aliphatic carbocycles. The Morgan fingerprint density at radius 3 is 2.92 bits per heavy atom. The molecule has 1 atom stereocenters. The van der Waals surface area contributed by atoms with Gasteiger partial charge < -0.3 is 19.9 Å². The number of halogens is 1. The van der Waals surface area contributed by atoms with Gasteiger partial charge in [-0.3, -0.25) is 9.48 Å². The van der Waals surface area contributed by atoms with Gasteiger partial charge in [-0.15, -0.1) is 0 Å². The minimum Gasteiger partial charge on any atom is -0.361 e. The van der Waals surface area contributed by atoms with Crippen LogP contribution in [0, 0.1) is 0 Å². The van der Waals surface area contributed by atoms with Crippen LogP contribution in [0.5, 0.6) is 0 Å². The molecule has 0 saturated carbocycles. The summed E-state index contributed by atoms with van der Waals surface area (Å²) in [6.07, 6.45) is 5.52. The Kier molecular flexibility index (Phi) is 7.35. The third-order valence-electron chi connectivity index (χ3n) is 6.72. The molecule has 5 rings (SSSR count). The van der Waals surface area contributed by atoms with Gasteiger partial charge in [-0.2, -0.15) is 5.10 Å². The summed E-state index contributed by atoms with van der Waals surface area (Å²) >= 11 is 6.21. The number of aromatic nitrogens is 5. The second kappa shape index (κ2) is 10.5. The zero-order valence-electron chi connectivity index (χ0n) is 21.8. The maximum absolute atomic E-state index is 13.4. The van der Waals surface area contributed by atoms with E-state index in [1.807, 2.05) is 36.0 Å². The number of piperidine rings is 1. The lowest BCUT2D eigenvalue weighted by molar-refractivity contribution is 0.0888. The summed E-state index contributed by atoms with van der Waals surface area (Å²) < 4.78 is 9.65. The fourth-order valence-corrected chi connectivity index (χ4v) is 5.55. The van der Waals surface area contributed by atoms with Gasteiger partial charge in [-0.1, -0.05) is 31.2 Å². The molecule has 37 heavy (non-hydrogen) atoms. The van der Waals surface area contributed by atoms with E-state index in [1.54, 1.807) is 10.9 Å². The highest BCUT2D eigenvalue weighted by molar-refractivity contribution is 6.76. The van der Waals surface area contributed by atoms with Crippen LogP contribution in [-0.4, -0.2) is 64.0 Å². The standard InChI is InChI=1S/C26H34ClN7O2Si/c1-33-22-12-17(27)7-8-19(22)23(32-33)21-14-29-25-24(31-21)20(26(35)30-18-6-5-9-28-13-18)15-34(25)16-36-10-11-37(2,3)4/h7-8,12,14-15,18,28H,5-6,9-11,13,16H2,1-4H3,(H,30,35)/t18-/m1/s1. The first kappa shape index (κ1) is 25.8. The number of fused-ring (bicyclic) bond motifs is 2. The third-order valence-corrected chi connectivity index (χ3v) is 8.66. The Morgan fingerprint density at radius 1 is 1.32 bits per heavy atom. The predicted molar refractivity (Wildman–Crippen MR) is 150 cm³/mol. The van der Waals surface area contributed by atoms with Crippen molar-refractivity contribution < 1.29 is 9.53 Å². The summed E-state index contributed by atoms with van der Waals surface area (Å²) in [4.78, 5) is 23.1. The topological polar surface area (TPSA) is 98.9 Å². The number of carbonyl (C=O) groups excluding carboxylic acids is 1. The lowest BCUT2D eigenvalue weighted by Gasteiger charge is -2.23. The van der Waals surface area contributed by atoms with Crippen LogP contribution in [0.25, 0.3) is 33.5 Å². The van der Waals surface area contributed by atoms with E-state index >= 15 is 0 Å². The Morgan fingerprint density at radius 2 is 2.16 bits per heavy atom. The van der Waals surface area contributed by atoms with Gasteiger partial charge in [0.1, 0.15) is 23.6 Å². The van der Waals surface area contributed by atoms with Crippen molar-refractivity contribution in [1.82, 2.24) is 34.9 Å². The van der Waals surface area contributed by atoms with Crippen molar-refractivity contribution in [2.24, 2.45) is 7.05 Å². The van der Waals surface area contributed by atoms with Gasteiger partial charge in [0.15, 0.2) is 5.65 Å². The molecule has 4 heterocycles. The average Bonchev–Trinajstić information content (AvgIpc) is 3.39. The van der Waals surface area contributed by atoms with Crippen LogP contribution in [0.15, 0.2) is 30.6 Å². The quantitative estimate of drug-likeness (QED) is 0.254. The number of carbonyl (C=O) groups is 1. The third kappa shape index (κ3) is 5.72. The van der Waals surface area contributed by atoms with Crippen molar-refractivity contribution in [3.63, 3.8) is 0 Å². The molecule has 0 bridgehead atoms. The normalized spacial score (nSPS) is 16.5. The van der Waals surface area contributed by atoms with Crippen LogP contribution in [0.3, 0.4) is 0 Å². The molecule has 1 aliphatic rings. The number of benzene rings is 1. The SMILES string of the molecule is Cn1nc(-c2cnc3c(n2)c(C(=O)N[C@@H]2CCCNC2)cn3COCC[Si](C)(C)C)c2ccc(Cl)cc21. The molecule has 1 aliphatic heterocycles.